The Hall–Kier alpha value is -16.0. The molecule has 3 N–H and O–H groups in total. The van der Waals surface area contributed by atoms with Gasteiger partial charge in [-0.05, 0) is 295 Å². The number of carboxylic acid groups (broad SMARTS) is 2. The van der Waals surface area contributed by atoms with Crippen LogP contribution >= 0.6 is 31.9 Å². The predicted octanol–water partition coefficient (Wildman–Crippen LogP) is 28.4. The zero-order valence-electron chi connectivity index (χ0n) is 77.6. The molecule has 19 rings (SSSR count). The van der Waals surface area contributed by atoms with Crippen LogP contribution in [0.1, 0.15) is 155 Å². The van der Waals surface area contributed by atoms with E-state index in [9.17, 15) is 56.4 Å². The number of aromatic nitrogens is 5. The van der Waals surface area contributed by atoms with Crippen molar-refractivity contribution < 1.29 is 75.4 Å². The number of Topliss-reactive ketones (excluding diaryl/α,β-unsaturated/α-hetero) is 2. The van der Waals surface area contributed by atoms with Gasteiger partial charge in [0.2, 0.25) is 0 Å². The molecule has 0 atom stereocenters. The molecule has 141 heavy (non-hydrogen) atoms. The molecule has 5 aromatic heterocycles. The molecule has 5 heterocycles. The van der Waals surface area contributed by atoms with E-state index in [1.807, 2.05) is 179 Å². The quantitative estimate of drug-likeness (QED) is 0.0338. The van der Waals surface area contributed by atoms with Crippen molar-refractivity contribution >= 4 is 110 Å². The molecule has 0 aliphatic heterocycles. The smallest absolute Gasteiger partial charge is 0.339 e. The number of rotatable bonds is 26. The Labute approximate surface area is 828 Å². The first-order valence-electron chi connectivity index (χ1n) is 45.1. The summed E-state index contributed by atoms with van der Waals surface area (Å²) in [6.07, 6.45) is 11.7. The highest BCUT2D eigenvalue weighted by Crippen LogP contribution is 2.41. The molecule has 0 bridgehead atoms. The largest absolute Gasteiger partial charge is 0.505 e. The van der Waals surface area contributed by atoms with Gasteiger partial charge in [-0.15, -0.1) is 0 Å². The molecule has 23 heteroatoms. The summed E-state index contributed by atoms with van der Waals surface area (Å²) in [5.41, 5.74) is 21.3. The zero-order chi connectivity index (χ0) is 99.3. The van der Waals surface area contributed by atoms with E-state index in [0.29, 0.717) is 117 Å². The molecule has 706 valence electrons. The summed E-state index contributed by atoms with van der Waals surface area (Å²) in [6.45, 7) is 12.1. The summed E-state index contributed by atoms with van der Waals surface area (Å²) in [7, 11) is 0. The predicted molar refractivity (Wildman–Crippen MR) is 548 cm³/mol. The SMILES string of the molecule is CC(=O)c1cc(C)c(O)c2ncc(Cc3ccc(F)cc3)cc12.CC(=O)c1cc(C)c(OCc2ccccc2)c2ncc(Cc3ccc(F)cc3)cc12.Cc1cc(Br)c2cc(Cc3ccc(F)cc3)cnc2c1OCc1ccccc1.Cc1cc(C(=O)O)c2cc(Cc3ccc(F)cc3)cnc2c1OCc1ccccc1.O=C(O)c1cc(Br)c2cc(Cc3ccc(F)cc3)cnc2c1OCc1ccccc1. The number of benzene rings is 14. The standard InChI is InChI=1S/C26H22FNO2.C25H20FNO3.C24H17BrFNO3.C24H19BrFNO.C19H16FNO2/c1-17-12-23(18(2)29)24-14-21(13-19-8-10-22(27)11-9-19)15-28-25(24)26(17)30-16-20-6-4-3-5-7-20;1-16-11-22(25(28)29)21-13-19(12-17-7-9-20(26)10-8-17)14-27-23(21)24(16)30-15-18-5-3-2-4-6-18;25-21-12-20(24(28)29)23(30-14-16-4-2-1-3-5-16)22-19(21)11-17(13-27-22)10-15-6-8-18(26)9-7-15;1-16-11-22(25)21-13-19(12-17-7-9-20(26)10-8-17)14-27-23(21)24(16)28-15-18-5-3-2-4-6-18;1-11-7-16(12(2)22)17-9-14(10-21-18(17)19(11)23)8-13-3-5-15(20)6-4-13/h3-12,14-15H,13,16H2,1-2H3;2-11,13-14H,12,15H2,1H3,(H,28,29);1-9,11-13H,10,14H2,(H,28,29);2-11,13-14H,12,15H2,1H3;3-7,9-10,23H,8H2,1-2H3. The van der Waals surface area contributed by atoms with Crippen LogP contribution in [0.15, 0.2) is 343 Å². The summed E-state index contributed by atoms with van der Waals surface area (Å²) in [5, 5.41) is 33.2. The molecule has 0 spiro atoms. The van der Waals surface area contributed by atoms with Crippen LogP contribution < -0.4 is 18.9 Å². The van der Waals surface area contributed by atoms with E-state index in [1.54, 1.807) is 111 Å². The van der Waals surface area contributed by atoms with Crippen LogP contribution in [0.3, 0.4) is 0 Å². The lowest BCUT2D eigenvalue weighted by Crippen LogP contribution is -2.05. The Bertz CT molecular complexity index is 7560. The fourth-order valence-electron chi connectivity index (χ4n) is 16.2. The maximum Gasteiger partial charge on any atom is 0.339 e. The van der Waals surface area contributed by atoms with Crippen LogP contribution in [0.4, 0.5) is 22.0 Å². The van der Waals surface area contributed by atoms with Crippen LogP contribution in [0.5, 0.6) is 28.7 Å². The molecule has 0 radical (unpaired) electrons. The number of hydrogen-bond donors (Lipinski definition) is 3. The first kappa shape index (κ1) is 99.5. The van der Waals surface area contributed by atoms with Crippen LogP contribution in [0, 0.1) is 56.8 Å². The van der Waals surface area contributed by atoms with Gasteiger partial charge in [-0.1, -0.05) is 214 Å². The van der Waals surface area contributed by atoms with Crippen molar-refractivity contribution in [3.63, 3.8) is 0 Å². The number of carboxylic acids is 2. The third-order valence-corrected chi connectivity index (χ3v) is 24.6. The van der Waals surface area contributed by atoms with Crippen LogP contribution in [-0.2, 0) is 58.5 Å². The maximum atomic E-state index is 13.2. The van der Waals surface area contributed by atoms with Gasteiger partial charge in [0.05, 0.1) is 5.56 Å². The fourth-order valence-corrected chi connectivity index (χ4v) is 17.4. The average molecular weight is 2010 g/mol. The van der Waals surface area contributed by atoms with Gasteiger partial charge in [0.15, 0.2) is 17.3 Å². The van der Waals surface area contributed by atoms with Crippen molar-refractivity contribution in [1.82, 2.24) is 24.9 Å². The molecule has 14 aromatic carbocycles. The number of hydrogen-bond acceptors (Lipinski definition) is 14. The molecular formula is C118H94Br2F5N5O11. The monoisotopic (exact) mass is 2010 g/mol. The van der Waals surface area contributed by atoms with Gasteiger partial charge in [0.1, 0.15) is 112 Å². The lowest BCUT2D eigenvalue weighted by molar-refractivity contribution is 0.0684. The topological polar surface area (TPSA) is 230 Å². The van der Waals surface area contributed by atoms with E-state index in [-0.39, 0.29) is 69.9 Å². The van der Waals surface area contributed by atoms with E-state index in [1.165, 1.54) is 73.7 Å². The molecule has 0 unspecified atom stereocenters. The van der Waals surface area contributed by atoms with Gasteiger partial charge in [0, 0.05) is 78.0 Å². The molecular weight excluding hydrogens is 1920 g/mol. The Morgan fingerprint density at radius 1 is 0.262 bits per heavy atom. The average Bonchev–Trinajstić information content (AvgIpc) is 0.786. The second kappa shape index (κ2) is 46.4. The molecule has 0 saturated carbocycles. The third-order valence-electron chi connectivity index (χ3n) is 23.3. The number of halogens is 7. The Kier molecular flexibility index (Phi) is 32.8. The van der Waals surface area contributed by atoms with E-state index < -0.39 is 11.9 Å². The number of fused-ring (bicyclic) bond motifs is 5. The maximum absolute atomic E-state index is 13.2. The van der Waals surface area contributed by atoms with Gasteiger partial charge in [0.25, 0.3) is 0 Å². The minimum atomic E-state index is -1.09. The number of aryl methyl sites for hydroxylation is 4. The highest BCUT2D eigenvalue weighted by molar-refractivity contribution is 9.11. The second-order valence-corrected chi connectivity index (χ2v) is 35.7. The number of nitrogens with zero attached hydrogens (tertiary/aromatic N) is 5. The Morgan fingerprint density at radius 3 is 0.794 bits per heavy atom. The number of ether oxygens (including phenoxy) is 4. The Balaban J connectivity index is 0.000000134. The molecule has 16 nitrogen and oxygen atoms in total. The zero-order valence-corrected chi connectivity index (χ0v) is 80.8. The minimum absolute atomic E-state index is 0.0153. The highest BCUT2D eigenvalue weighted by Gasteiger charge is 2.24. The number of pyridine rings is 5. The number of ketones is 2. The lowest BCUT2D eigenvalue weighted by Gasteiger charge is -2.15. The normalized spacial score (nSPS) is 10.9. The van der Waals surface area contributed by atoms with Gasteiger partial charge in [-0.25, -0.2) is 31.5 Å². The van der Waals surface area contributed by atoms with Gasteiger partial charge >= 0.3 is 11.9 Å². The van der Waals surface area contributed by atoms with Gasteiger partial charge in [-0.2, -0.15) is 0 Å². The first-order valence-corrected chi connectivity index (χ1v) is 46.7. The summed E-state index contributed by atoms with van der Waals surface area (Å²) in [5.74, 6) is -1.12. The summed E-state index contributed by atoms with van der Waals surface area (Å²) in [4.78, 5) is 70.6. The van der Waals surface area contributed by atoms with E-state index >= 15 is 0 Å². The fraction of sp³-hybridized carbons (Fsp3) is 0.127. The minimum Gasteiger partial charge on any atom is -0.505 e. The number of aromatic carboxylic acids is 2. The molecule has 0 aliphatic rings. The molecule has 0 saturated heterocycles. The van der Waals surface area contributed by atoms with Crippen molar-refractivity contribution in [2.45, 2.75) is 100 Å². The van der Waals surface area contributed by atoms with Crippen molar-refractivity contribution in [1.29, 1.82) is 0 Å². The second-order valence-electron chi connectivity index (χ2n) is 34.0. The number of carbonyl (C=O) groups excluding carboxylic acids is 2. The summed E-state index contributed by atoms with van der Waals surface area (Å²) >= 11 is 7.13. The van der Waals surface area contributed by atoms with Crippen molar-refractivity contribution in [3.8, 4) is 28.7 Å². The van der Waals surface area contributed by atoms with Crippen molar-refractivity contribution in [2.24, 2.45) is 0 Å². The van der Waals surface area contributed by atoms with Crippen LogP contribution in [0.25, 0.3) is 54.5 Å². The van der Waals surface area contributed by atoms with Gasteiger partial charge < -0.3 is 34.3 Å². The van der Waals surface area contributed by atoms with Gasteiger partial charge in [-0.3, -0.25) is 34.5 Å². The molecule has 0 aliphatic carbocycles. The number of phenolic OH excluding ortho intramolecular Hbond substituents is 1. The first-order chi connectivity index (χ1) is 68.1. The lowest BCUT2D eigenvalue weighted by atomic mass is 9.98. The highest BCUT2D eigenvalue weighted by atomic mass is 79.9. The van der Waals surface area contributed by atoms with Crippen LogP contribution in [-0.4, -0.2) is 63.7 Å². The number of phenols is 1. The Morgan fingerprint density at radius 2 is 0.496 bits per heavy atom. The van der Waals surface area contributed by atoms with Crippen molar-refractivity contribution in [2.75, 3.05) is 0 Å². The molecule has 0 fully saturated rings. The summed E-state index contributed by atoms with van der Waals surface area (Å²) < 4.78 is 91.4. The van der Waals surface area contributed by atoms with E-state index in [0.717, 1.165) is 126 Å². The summed E-state index contributed by atoms with van der Waals surface area (Å²) in [6, 6.07) is 89.6. The van der Waals surface area contributed by atoms with E-state index in [2.05, 4.69) is 63.9 Å². The third kappa shape index (κ3) is 25.9. The van der Waals surface area contributed by atoms with E-state index in [4.69, 9.17) is 23.9 Å². The molecule has 0 amide bonds. The number of aromatic hydroxyl groups is 1. The van der Waals surface area contributed by atoms with Crippen molar-refractivity contribution in [3.05, 3.63) is 495 Å². The number of carbonyl (C=O) groups is 4. The van der Waals surface area contributed by atoms with Crippen LogP contribution in [0.2, 0.25) is 0 Å². The molecule has 19 aromatic rings.